The molecule has 2 heterocycles. The lowest BCUT2D eigenvalue weighted by molar-refractivity contribution is -0.137. The lowest BCUT2D eigenvalue weighted by Crippen LogP contribution is -2.12. The zero-order valence-corrected chi connectivity index (χ0v) is 20.2. The summed E-state index contributed by atoms with van der Waals surface area (Å²) in [5.41, 5.74) is 17.4. The zero-order chi connectivity index (χ0) is 26.3. The van der Waals surface area contributed by atoms with Crippen molar-refractivity contribution < 1.29 is 13.2 Å². The number of aromatic nitrogens is 4. The molecular weight excluding hydrogens is 477 g/mol. The van der Waals surface area contributed by atoms with Crippen molar-refractivity contribution in [3.63, 3.8) is 0 Å². The first kappa shape index (κ1) is 24.2. The molecule has 0 atom stereocenters. The molecule has 0 radical (unpaired) electrons. The Morgan fingerprint density at radius 2 is 1.05 bits per heavy atom. The molecule has 188 valence electrons. The molecule has 0 aliphatic rings. The number of hydrogen-bond acceptors (Lipinski definition) is 4. The summed E-state index contributed by atoms with van der Waals surface area (Å²) >= 11 is 0. The van der Waals surface area contributed by atoms with Crippen LogP contribution in [0.3, 0.4) is 0 Å². The van der Waals surface area contributed by atoms with Crippen molar-refractivity contribution in [2.75, 3.05) is 11.5 Å². The van der Waals surface area contributed by atoms with Crippen molar-refractivity contribution in [1.82, 2.24) is 19.6 Å². The summed E-state index contributed by atoms with van der Waals surface area (Å²) in [7, 11) is 0. The number of alkyl halides is 3. The topological polar surface area (TPSA) is 87.7 Å². The largest absolute Gasteiger partial charge is 0.416 e. The quantitative estimate of drug-likeness (QED) is 0.307. The van der Waals surface area contributed by atoms with E-state index >= 15 is 0 Å². The van der Waals surface area contributed by atoms with E-state index in [1.807, 2.05) is 74.5 Å². The molecule has 37 heavy (non-hydrogen) atoms. The zero-order valence-electron chi connectivity index (χ0n) is 20.2. The maximum absolute atomic E-state index is 13.3. The summed E-state index contributed by atoms with van der Waals surface area (Å²) in [6, 6.07) is 23.9. The van der Waals surface area contributed by atoms with E-state index in [1.54, 1.807) is 9.36 Å². The average molecular weight is 503 g/mol. The second kappa shape index (κ2) is 9.16. The summed E-state index contributed by atoms with van der Waals surface area (Å²) in [5.74, 6) is 0.150. The Kier molecular flexibility index (Phi) is 5.99. The Morgan fingerprint density at radius 3 is 1.43 bits per heavy atom. The minimum Gasteiger partial charge on any atom is -0.383 e. The summed E-state index contributed by atoms with van der Waals surface area (Å²) in [6.45, 7) is 3.66. The van der Waals surface area contributed by atoms with Crippen molar-refractivity contribution >= 4 is 11.6 Å². The summed E-state index contributed by atoms with van der Waals surface area (Å²) in [5, 5.41) is 9.35. The minimum atomic E-state index is -4.45. The highest BCUT2D eigenvalue weighted by Gasteiger charge is 2.33. The van der Waals surface area contributed by atoms with Gasteiger partial charge in [-0.15, -0.1) is 0 Å². The monoisotopic (exact) mass is 502 g/mol. The molecule has 0 saturated carbocycles. The number of benzene rings is 3. The first-order valence-electron chi connectivity index (χ1n) is 11.6. The molecule has 0 aliphatic heterocycles. The normalized spacial score (nSPS) is 11.8. The van der Waals surface area contributed by atoms with Gasteiger partial charge in [0.2, 0.25) is 0 Å². The number of rotatable bonds is 5. The van der Waals surface area contributed by atoms with E-state index in [9.17, 15) is 13.2 Å². The van der Waals surface area contributed by atoms with Crippen LogP contribution in [0.2, 0.25) is 0 Å². The highest BCUT2D eigenvalue weighted by atomic mass is 19.4. The van der Waals surface area contributed by atoms with Crippen LogP contribution in [0.1, 0.15) is 39.6 Å². The molecule has 0 amide bonds. The minimum absolute atomic E-state index is 0.375. The van der Waals surface area contributed by atoms with Gasteiger partial charge in [-0.3, -0.25) is 0 Å². The highest BCUT2D eigenvalue weighted by molar-refractivity contribution is 5.63. The standard InChI is InChI=1S/C28H25F3N6/c1-17-23(26(32)36(34-17)21-9-5-3-6-10-21)25(19-13-15-20(16-14-19)28(29,30)31)24-18(2)35-37(27(24)33)22-11-7-4-8-12-22/h3-16,25H,32-33H2,1-2H3. The second-order valence-electron chi connectivity index (χ2n) is 8.82. The van der Waals surface area contributed by atoms with Gasteiger partial charge < -0.3 is 11.5 Å². The van der Waals surface area contributed by atoms with Gasteiger partial charge in [-0.25, -0.2) is 9.36 Å². The van der Waals surface area contributed by atoms with Crippen LogP contribution in [0.15, 0.2) is 84.9 Å². The molecule has 0 fully saturated rings. The van der Waals surface area contributed by atoms with Crippen LogP contribution in [0, 0.1) is 13.8 Å². The highest BCUT2D eigenvalue weighted by Crippen LogP contribution is 2.43. The predicted octanol–water partition coefficient (Wildman–Crippen LogP) is 6.04. The van der Waals surface area contributed by atoms with Crippen LogP contribution in [0.4, 0.5) is 24.8 Å². The summed E-state index contributed by atoms with van der Waals surface area (Å²) in [6.07, 6.45) is -4.45. The number of nitrogens with two attached hydrogens (primary N) is 2. The lowest BCUT2D eigenvalue weighted by atomic mass is 9.84. The van der Waals surface area contributed by atoms with Gasteiger partial charge in [0.15, 0.2) is 0 Å². The number of halogens is 3. The Bertz CT molecular complexity index is 1450. The molecule has 6 nitrogen and oxygen atoms in total. The molecule has 2 aromatic heterocycles. The molecule has 9 heteroatoms. The first-order valence-corrected chi connectivity index (χ1v) is 11.6. The van der Waals surface area contributed by atoms with Gasteiger partial charge in [-0.05, 0) is 55.8 Å². The van der Waals surface area contributed by atoms with Crippen molar-refractivity contribution in [2.24, 2.45) is 0 Å². The maximum Gasteiger partial charge on any atom is 0.416 e. The van der Waals surface area contributed by atoms with Crippen molar-refractivity contribution in [3.8, 4) is 11.4 Å². The van der Waals surface area contributed by atoms with Crippen LogP contribution < -0.4 is 11.5 Å². The van der Waals surface area contributed by atoms with E-state index < -0.39 is 17.7 Å². The summed E-state index contributed by atoms with van der Waals surface area (Å²) in [4.78, 5) is 0. The number of nitrogens with zero attached hydrogens (tertiary/aromatic N) is 4. The predicted molar refractivity (Wildman–Crippen MR) is 138 cm³/mol. The maximum atomic E-state index is 13.3. The van der Waals surface area contributed by atoms with Gasteiger partial charge in [0.1, 0.15) is 11.6 Å². The molecule has 5 rings (SSSR count). The van der Waals surface area contributed by atoms with Gasteiger partial charge in [0.25, 0.3) is 0 Å². The molecule has 0 unspecified atom stereocenters. The van der Waals surface area contributed by atoms with E-state index in [-0.39, 0.29) is 0 Å². The number of nitrogen functional groups attached to an aromatic ring is 2. The van der Waals surface area contributed by atoms with Crippen LogP contribution in [-0.2, 0) is 6.18 Å². The lowest BCUT2D eigenvalue weighted by Gasteiger charge is -2.20. The Labute approximate surface area is 212 Å². The van der Waals surface area contributed by atoms with Crippen LogP contribution >= 0.6 is 0 Å². The summed E-state index contributed by atoms with van der Waals surface area (Å²) < 4.78 is 43.3. The van der Waals surface area contributed by atoms with Crippen LogP contribution in [0.25, 0.3) is 11.4 Å². The number of hydrogen-bond donors (Lipinski definition) is 2. The second-order valence-corrected chi connectivity index (χ2v) is 8.82. The molecule has 5 aromatic rings. The Hall–Kier alpha value is -4.53. The average Bonchev–Trinajstić information content (AvgIpc) is 3.35. The van der Waals surface area contributed by atoms with Gasteiger partial charge in [-0.2, -0.15) is 23.4 Å². The fourth-order valence-electron chi connectivity index (χ4n) is 4.70. The SMILES string of the molecule is Cc1nn(-c2ccccc2)c(N)c1C(c1ccc(C(F)(F)F)cc1)c1c(C)nn(-c2ccccc2)c1N. The van der Waals surface area contributed by atoms with Crippen LogP contribution in [0.5, 0.6) is 0 Å². The smallest absolute Gasteiger partial charge is 0.383 e. The van der Waals surface area contributed by atoms with Gasteiger partial charge >= 0.3 is 6.18 Å². The van der Waals surface area contributed by atoms with E-state index in [0.29, 0.717) is 39.7 Å². The molecule has 4 N–H and O–H groups in total. The Morgan fingerprint density at radius 1 is 0.649 bits per heavy atom. The molecule has 0 saturated heterocycles. The number of aryl methyl sites for hydroxylation is 2. The van der Waals surface area contributed by atoms with E-state index in [1.165, 1.54) is 12.1 Å². The molecule has 0 bridgehead atoms. The van der Waals surface area contributed by atoms with Crippen LogP contribution in [-0.4, -0.2) is 19.6 Å². The third kappa shape index (κ3) is 4.33. The number of para-hydroxylation sites is 2. The van der Waals surface area contributed by atoms with Crippen molar-refractivity contribution in [1.29, 1.82) is 0 Å². The van der Waals surface area contributed by atoms with Gasteiger partial charge in [0, 0.05) is 17.0 Å². The van der Waals surface area contributed by atoms with E-state index in [0.717, 1.165) is 23.5 Å². The Balaban J connectivity index is 1.74. The molecular formula is C28H25F3N6. The molecule has 0 aliphatic carbocycles. The third-order valence-electron chi connectivity index (χ3n) is 6.44. The van der Waals surface area contributed by atoms with E-state index in [4.69, 9.17) is 11.5 Å². The van der Waals surface area contributed by atoms with Gasteiger partial charge in [-0.1, -0.05) is 48.5 Å². The third-order valence-corrected chi connectivity index (χ3v) is 6.44. The van der Waals surface area contributed by atoms with E-state index in [2.05, 4.69) is 10.2 Å². The molecule has 0 spiro atoms. The fourth-order valence-corrected chi connectivity index (χ4v) is 4.70. The molecule has 3 aromatic carbocycles. The van der Waals surface area contributed by atoms with Crippen molar-refractivity contribution in [2.45, 2.75) is 25.9 Å². The fraction of sp³-hybridized carbons (Fsp3) is 0.143. The number of anilines is 2. The first-order chi connectivity index (χ1) is 17.7. The van der Waals surface area contributed by atoms with Gasteiger partial charge in [0.05, 0.1) is 28.3 Å². The van der Waals surface area contributed by atoms with Crippen molar-refractivity contribution in [3.05, 3.63) is 119 Å².